The molecule has 0 spiro atoms. The third-order valence-electron chi connectivity index (χ3n) is 6.23. The predicted octanol–water partition coefficient (Wildman–Crippen LogP) is 3.09. The van der Waals surface area contributed by atoms with Crippen LogP contribution in [0.15, 0.2) is 53.4 Å². The van der Waals surface area contributed by atoms with Gasteiger partial charge >= 0.3 is 0 Å². The Hall–Kier alpha value is -2.26. The molecule has 7 nitrogen and oxygen atoms in total. The van der Waals surface area contributed by atoms with Crippen LogP contribution in [-0.4, -0.2) is 69.1 Å². The number of sulfonamides is 1. The minimum Gasteiger partial charge on any atom is -0.379 e. The molecule has 1 unspecified atom stereocenters. The molecule has 33 heavy (non-hydrogen) atoms. The summed E-state index contributed by atoms with van der Waals surface area (Å²) < 4.78 is 39.4. The number of carbonyl (C=O) groups excluding carboxylic acids is 1. The molecular formula is C25H32N2O5S. The van der Waals surface area contributed by atoms with Crippen molar-refractivity contribution in [2.45, 2.75) is 43.7 Å². The van der Waals surface area contributed by atoms with Crippen LogP contribution in [0.25, 0.3) is 0 Å². The first kappa shape index (κ1) is 23.9. The van der Waals surface area contributed by atoms with Gasteiger partial charge in [-0.3, -0.25) is 4.79 Å². The molecule has 0 bridgehead atoms. The molecule has 0 N–H and O–H groups in total. The Bertz CT molecular complexity index is 1050. The summed E-state index contributed by atoms with van der Waals surface area (Å²) in [7, 11) is -3.71. The average molecular weight is 473 g/mol. The van der Waals surface area contributed by atoms with Gasteiger partial charge in [0.1, 0.15) is 0 Å². The lowest BCUT2D eigenvalue weighted by Crippen LogP contribution is -2.41. The van der Waals surface area contributed by atoms with Crippen LogP contribution < -0.4 is 0 Å². The summed E-state index contributed by atoms with van der Waals surface area (Å²) in [6.45, 7) is 4.97. The van der Waals surface area contributed by atoms with Gasteiger partial charge in [-0.15, -0.1) is 0 Å². The van der Waals surface area contributed by atoms with E-state index in [1.54, 1.807) is 23.1 Å². The predicted molar refractivity (Wildman–Crippen MR) is 126 cm³/mol. The highest BCUT2D eigenvalue weighted by Crippen LogP contribution is 2.25. The minimum atomic E-state index is -3.71. The van der Waals surface area contributed by atoms with Crippen molar-refractivity contribution < 1.29 is 22.7 Å². The van der Waals surface area contributed by atoms with Crippen molar-refractivity contribution in [3.05, 3.63) is 65.2 Å². The zero-order valence-electron chi connectivity index (χ0n) is 19.1. The number of amides is 1. The molecule has 2 aromatic carbocycles. The molecule has 0 aromatic heterocycles. The fourth-order valence-corrected chi connectivity index (χ4v) is 6.11. The average Bonchev–Trinajstić information content (AvgIpc) is 3.37. The van der Waals surface area contributed by atoms with E-state index in [1.165, 1.54) is 4.31 Å². The van der Waals surface area contributed by atoms with E-state index in [-0.39, 0.29) is 16.9 Å². The molecule has 8 heteroatoms. The maximum absolute atomic E-state index is 13.6. The third kappa shape index (κ3) is 5.63. The van der Waals surface area contributed by atoms with Crippen molar-refractivity contribution in [2.75, 3.05) is 39.5 Å². The lowest BCUT2D eigenvalue weighted by atomic mass is 10.1. The first-order valence-corrected chi connectivity index (χ1v) is 13.1. The van der Waals surface area contributed by atoms with Gasteiger partial charge in [0, 0.05) is 38.3 Å². The highest BCUT2D eigenvalue weighted by atomic mass is 32.2. The number of hydrogen-bond donors (Lipinski definition) is 0. The molecule has 2 heterocycles. The summed E-state index contributed by atoms with van der Waals surface area (Å²) >= 11 is 0. The summed E-state index contributed by atoms with van der Waals surface area (Å²) in [5.41, 5.74) is 2.12. The second-order valence-electron chi connectivity index (χ2n) is 8.50. The number of nitrogens with zero attached hydrogens (tertiary/aromatic N) is 2. The largest absolute Gasteiger partial charge is 0.379 e. The molecule has 178 valence electrons. The fourth-order valence-electron chi connectivity index (χ4n) is 4.39. The zero-order chi connectivity index (χ0) is 23.3. The van der Waals surface area contributed by atoms with Gasteiger partial charge in [-0.1, -0.05) is 43.3 Å². The maximum atomic E-state index is 13.6. The number of rotatable bonds is 8. The van der Waals surface area contributed by atoms with E-state index >= 15 is 0 Å². The van der Waals surface area contributed by atoms with Gasteiger partial charge in [0.2, 0.25) is 10.0 Å². The number of carbonyl (C=O) groups is 1. The minimum absolute atomic E-state index is 0.00382. The van der Waals surface area contributed by atoms with E-state index in [0.29, 0.717) is 63.5 Å². The fraction of sp³-hybridized carbons (Fsp3) is 0.480. The van der Waals surface area contributed by atoms with Crippen molar-refractivity contribution in [1.82, 2.24) is 9.21 Å². The summed E-state index contributed by atoms with van der Waals surface area (Å²) in [5.74, 6) is -0.185. The van der Waals surface area contributed by atoms with Crippen molar-refractivity contribution in [1.29, 1.82) is 0 Å². The molecule has 2 saturated heterocycles. The smallest absolute Gasteiger partial charge is 0.254 e. The van der Waals surface area contributed by atoms with Crippen molar-refractivity contribution in [2.24, 2.45) is 0 Å². The Kier molecular flexibility index (Phi) is 7.80. The molecule has 0 aliphatic carbocycles. The summed E-state index contributed by atoms with van der Waals surface area (Å²) in [4.78, 5) is 15.6. The van der Waals surface area contributed by atoms with Crippen molar-refractivity contribution in [3.63, 3.8) is 0 Å². The molecule has 0 saturated carbocycles. The Morgan fingerprint density at radius 2 is 1.85 bits per heavy atom. The third-order valence-corrected chi connectivity index (χ3v) is 8.22. The molecule has 1 amide bonds. The van der Waals surface area contributed by atoms with Crippen LogP contribution in [0.2, 0.25) is 0 Å². The molecular weight excluding hydrogens is 440 g/mol. The number of aryl methyl sites for hydroxylation is 1. The molecule has 2 aliphatic rings. The topological polar surface area (TPSA) is 76.2 Å². The molecule has 4 rings (SSSR count). The lowest BCUT2D eigenvalue weighted by molar-refractivity contribution is 0.0507. The van der Waals surface area contributed by atoms with Crippen LogP contribution in [0, 0.1) is 0 Å². The van der Waals surface area contributed by atoms with E-state index in [1.807, 2.05) is 37.3 Å². The maximum Gasteiger partial charge on any atom is 0.254 e. The standard InChI is InChI=1S/C25H32N2O5S/c1-2-21-10-11-22(17-24(21)33(29,30)27-12-15-31-16-13-27)25(28)26(19-23-9-6-14-32-23)18-20-7-4-3-5-8-20/h3-5,7-8,10-11,17,23H,2,6,9,12-16,18-19H2,1H3. The van der Waals surface area contributed by atoms with Gasteiger partial charge in [0.25, 0.3) is 5.91 Å². The van der Waals surface area contributed by atoms with Gasteiger partial charge in [-0.05, 0) is 42.5 Å². The number of benzene rings is 2. The van der Waals surface area contributed by atoms with Crippen molar-refractivity contribution >= 4 is 15.9 Å². The Morgan fingerprint density at radius 1 is 1.09 bits per heavy atom. The second kappa shape index (κ2) is 10.8. The van der Waals surface area contributed by atoms with E-state index in [0.717, 1.165) is 18.4 Å². The van der Waals surface area contributed by atoms with Crippen LogP contribution in [0.1, 0.15) is 41.3 Å². The van der Waals surface area contributed by atoms with E-state index in [4.69, 9.17) is 9.47 Å². The van der Waals surface area contributed by atoms with E-state index < -0.39 is 10.0 Å². The highest BCUT2D eigenvalue weighted by Gasteiger charge is 2.30. The molecule has 2 fully saturated rings. The highest BCUT2D eigenvalue weighted by molar-refractivity contribution is 7.89. The number of hydrogen-bond acceptors (Lipinski definition) is 5. The van der Waals surface area contributed by atoms with Crippen LogP contribution in [0.4, 0.5) is 0 Å². The molecule has 2 aromatic rings. The second-order valence-corrected chi connectivity index (χ2v) is 10.4. The van der Waals surface area contributed by atoms with Crippen LogP contribution >= 0.6 is 0 Å². The Balaban J connectivity index is 1.64. The van der Waals surface area contributed by atoms with E-state index in [9.17, 15) is 13.2 Å². The van der Waals surface area contributed by atoms with Crippen molar-refractivity contribution in [3.8, 4) is 0 Å². The summed E-state index contributed by atoms with van der Waals surface area (Å²) in [6.07, 6.45) is 2.48. The van der Waals surface area contributed by atoms with Crippen LogP contribution in [0.5, 0.6) is 0 Å². The first-order valence-electron chi connectivity index (χ1n) is 11.6. The molecule has 0 radical (unpaired) electrons. The molecule has 2 aliphatic heterocycles. The SMILES string of the molecule is CCc1ccc(C(=O)N(Cc2ccccc2)CC2CCCO2)cc1S(=O)(=O)N1CCOCC1. The number of ether oxygens (including phenoxy) is 2. The quantitative estimate of drug-likeness (QED) is 0.590. The van der Waals surface area contributed by atoms with Crippen LogP contribution in [-0.2, 0) is 32.5 Å². The van der Waals surface area contributed by atoms with E-state index in [2.05, 4.69) is 0 Å². The normalized spacial score (nSPS) is 19.5. The summed E-state index contributed by atoms with van der Waals surface area (Å²) in [6, 6.07) is 14.9. The monoisotopic (exact) mass is 472 g/mol. The van der Waals surface area contributed by atoms with Gasteiger partial charge in [0.15, 0.2) is 0 Å². The Morgan fingerprint density at radius 3 is 2.52 bits per heavy atom. The number of morpholine rings is 1. The summed E-state index contributed by atoms with van der Waals surface area (Å²) in [5, 5.41) is 0. The van der Waals surface area contributed by atoms with Gasteiger partial charge in [0.05, 0.1) is 24.2 Å². The van der Waals surface area contributed by atoms with Gasteiger partial charge < -0.3 is 14.4 Å². The first-order chi connectivity index (χ1) is 16.0. The molecule has 1 atom stereocenters. The van der Waals surface area contributed by atoms with Gasteiger partial charge in [-0.25, -0.2) is 8.42 Å². The zero-order valence-corrected chi connectivity index (χ0v) is 19.9. The van der Waals surface area contributed by atoms with Crippen LogP contribution in [0.3, 0.4) is 0 Å². The lowest BCUT2D eigenvalue weighted by Gasteiger charge is -2.28. The van der Waals surface area contributed by atoms with Gasteiger partial charge in [-0.2, -0.15) is 4.31 Å². The Labute approximate surface area is 196 Å².